The van der Waals surface area contributed by atoms with Gasteiger partial charge in [0.1, 0.15) is 5.82 Å². The van der Waals surface area contributed by atoms with Crippen LogP contribution in [0, 0.1) is 5.82 Å². The maximum Gasteiger partial charge on any atom is 0.241 e. The van der Waals surface area contributed by atoms with Crippen LogP contribution in [0.5, 0.6) is 0 Å². The summed E-state index contributed by atoms with van der Waals surface area (Å²) in [7, 11) is 3.73. The van der Waals surface area contributed by atoms with Crippen LogP contribution in [-0.4, -0.2) is 96.7 Å². The molecule has 7 nitrogen and oxygen atoms in total. The predicted molar refractivity (Wildman–Crippen MR) is 128 cm³/mol. The van der Waals surface area contributed by atoms with Crippen molar-refractivity contribution in [2.24, 2.45) is 0 Å². The van der Waals surface area contributed by atoms with Crippen molar-refractivity contribution in [1.29, 1.82) is 0 Å². The van der Waals surface area contributed by atoms with Crippen molar-refractivity contribution in [2.45, 2.75) is 56.4 Å². The van der Waals surface area contributed by atoms with Gasteiger partial charge in [-0.1, -0.05) is 37.5 Å². The predicted octanol–water partition coefficient (Wildman–Crippen LogP) is 2.25. The first-order chi connectivity index (χ1) is 16.3. The molecule has 1 aromatic rings. The summed E-state index contributed by atoms with van der Waals surface area (Å²) in [6.07, 6.45) is 5.96. The van der Waals surface area contributed by atoms with E-state index in [-0.39, 0.29) is 36.8 Å². The molecule has 1 aliphatic carbocycles. The van der Waals surface area contributed by atoms with Gasteiger partial charge in [-0.2, -0.15) is 0 Å². The summed E-state index contributed by atoms with van der Waals surface area (Å²) < 4.78 is 15.0. The maximum atomic E-state index is 15.0. The largest absolute Gasteiger partial charge is 0.340 e. The number of carbonyl (C=O) groups is 3. The second-order valence-corrected chi connectivity index (χ2v) is 10.3. The van der Waals surface area contributed by atoms with Gasteiger partial charge in [0.25, 0.3) is 0 Å². The Kier molecular flexibility index (Phi) is 7.67. The Balaban J connectivity index is 1.51. The number of piperazine rings is 1. The molecular weight excluding hydrogens is 435 g/mol. The van der Waals surface area contributed by atoms with Crippen LogP contribution in [0.25, 0.3) is 0 Å². The van der Waals surface area contributed by atoms with E-state index in [9.17, 15) is 18.8 Å². The van der Waals surface area contributed by atoms with E-state index in [0.717, 1.165) is 13.1 Å². The van der Waals surface area contributed by atoms with Gasteiger partial charge in [-0.05, 0) is 33.0 Å². The fraction of sp³-hybridized carbons (Fsp3) is 0.654. The van der Waals surface area contributed by atoms with Crippen molar-refractivity contribution >= 4 is 17.7 Å². The third-order valence-corrected chi connectivity index (χ3v) is 7.78. The number of benzene rings is 1. The summed E-state index contributed by atoms with van der Waals surface area (Å²) >= 11 is 0. The third-order valence-electron chi connectivity index (χ3n) is 7.78. The molecule has 0 bridgehead atoms. The Bertz CT molecular complexity index is 909. The summed E-state index contributed by atoms with van der Waals surface area (Å²) in [6.45, 7) is 3.61. The Morgan fingerprint density at radius 2 is 1.74 bits per heavy atom. The van der Waals surface area contributed by atoms with Gasteiger partial charge in [-0.15, -0.1) is 0 Å². The second kappa shape index (κ2) is 10.5. The van der Waals surface area contributed by atoms with Gasteiger partial charge in [0, 0.05) is 63.7 Å². The van der Waals surface area contributed by atoms with Crippen LogP contribution in [0.15, 0.2) is 24.3 Å². The highest BCUT2D eigenvalue weighted by Crippen LogP contribution is 2.41. The van der Waals surface area contributed by atoms with E-state index >= 15 is 0 Å². The summed E-state index contributed by atoms with van der Waals surface area (Å²) in [6, 6.07) is 6.67. The molecular formula is C26H37FN4O3. The van der Waals surface area contributed by atoms with E-state index in [1.165, 1.54) is 43.1 Å². The fourth-order valence-electron chi connectivity index (χ4n) is 5.77. The molecule has 2 heterocycles. The lowest BCUT2D eigenvalue weighted by molar-refractivity contribution is -0.143. The lowest BCUT2D eigenvalue weighted by atomic mass is 9.75. The van der Waals surface area contributed by atoms with Gasteiger partial charge < -0.3 is 9.80 Å². The zero-order valence-corrected chi connectivity index (χ0v) is 20.5. The monoisotopic (exact) mass is 472 g/mol. The quantitative estimate of drug-likeness (QED) is 0.570. The number of rotatable bonds is 7. The highest BCUT2D eigenvalue weighted by molar-refractivity contribution is 6.10. The third kappa shape index (κ3) is 5.03. The van der Waals surface area contributed by atoms with E-state index in [2.05, 4.69) is 4.90 Å². The highest BCUT2D eigenvalue weighted by Gasteiger charge is 2.55. The molecule has 0 radical (unpaired) electrons. The summed E-state index contributed by atoms with van der Waals surface area (Å²) in [5, 5.41) is 0. The number of likely N-dealkylation sites (N-methyl/N-ethyl adjacent to an activating group) is 1. The first kappa shape index (κ1) is 24.8. The molecule has 8 heteroatoms. The van der Waals surface area contributed by atoms with Crippen LogP contribution in [0.2, 0.25) is 0 Å². The Morgan fingerprint density at radius 3 is 2.38 bits per heavy atom. The van der Waals surface area contributed by atoms with Crippen LogP contribution < -0.4 is 0 Å². The van der Waals surface area contributed by atoms with E-state index in [1.54, 1.807) is 23.1 Å². The van der Waals surface area contributed by atoms with Gasteiger partial charge in [0.05, 0.1) is 5.41 Å². The molecule has 3 amide bonds. The molecule has 186 valence electrons. The van der Waals surface area contributed by atoms with Gasteiger partial charge >= 0.3 is 0 Å². The van der Waals surface area contributed by atoms with Crippen molar-refractivity contribution in [3.05, 3.63) is 35.6 Å². The molecule has 0 N–H and O–H groups in total. The Labute approximate surface area is 201 Å². The second-order valence-electron chi connectivity index (χ2n) is 10.3. The first-order valence-electron chi connectivity index (χ1n) is 12.6. The van der Waals surface area contributed by atoms with Crippen LogP contribution >= 0.6 is 0 Å². The Hall–Kier alpha value is -2.32. The SMILES string of the molecule is CN(C)CCN1C(=O)C[C@](CC(=O)N2CCN(C3CCCCC3)CC2)(c2ccccc2F)C1=O. The Morgan fingerprint density at radius 1 is 1.06 bits per heavy atom. The zero-order chi connectivity index (χ0) is 24.3. The number of carbonyl (C=O) groups excluding carboxylic acids is 3. The number of hydrogen-bond donors (Lipinski definition) is 0. The smallest absolute Gasteiger partial charge is 0.241 e. The number of amides is 3. The summed E-state index contributed by atoms with van der Waals surface area (Å²) in [4.78, 5) is 47.4. The number of likely N-dealkylation sites (tertiary alicyclic amines) is 1. The molecule has 1 saturated carbocycles. The summed E-state index contributed by atoms with van der Waals surface area (Å²) in [5.74, 6) is -1.53. The van der Waals surface area contributed by atoms with Crippen molar-refractivity contribution in [3.63, 3.8) is 0 Å². The number of hydrogen-bond acceptors (Lipinski definition) is 5. The molecule has 3 aliphatic rings. The van der Waals surface area contributed by atoms with Crippen molar-refractivity contribution in [1.82, 2.24) is 19.6 Å². The molecule has 2 aliphatic heterocycles. The minimum Gasteiger partial charge on any atom is -0.340 e. The average molecular weight is 473 g/mol. The minimum absolute atomic E-state index is 0.148. The summed E-state index contributed by atoms with van der Waals surface area (Å²) in [5.41, 5.74) is -1.33. The molecule has 1 atom stereocenters. The average Bonchev–Trinajstić information content (AvgIpc) is 3.07. The first-order valence-corrected chi connectivity index (χ1v) is 12.6. The van der Waals surface area contributed by atoms with E-state index in [1.807, 2.05) is 19.0 Å². The van der Waals surface area contributed by atoms with E-state index < -0.39 is 17.1 Å². The van der Waals surface area contributed by atoms with E-state index in [4.69, 9.17) is 0 Å². The van der Waals surface area contributed by atoms with Crippen LogP contribution in [0.4, 0.5) is 4.39 Å². The van der Waals surface area contributed by atoms with Gasteiger partial charge in [0.15, 0.2) is 0 Å². The normalized spacial score (nSPS) is 24.9. The number of nitrogens with zero attached hydrogens (tertiary/aromatic N) is 4. The van der Waals surface area contributed by atoms with Crippen molar-refractivity contribution in [2.75, 3.05) is 53.4 Å². The van der Waals surface area contributed by atoms with Gasteiger partial charge in [-0.25, -0.2) is 4.39 Å². The molecule has 4 rings (SSSR count). The zero-order valence-electron chi connectivity index (χ0n) is 20.5. The number of imide groups is 1. The topological polar surface area (TPSA) is 64.2 Å². The molecule has 3 fully saturated rings. The molecule has 2 saturated heterocycles. The maximum absolute atomic E-state index is 15.0. The van der Waals surface area contributed by atoms with Gasteiger partial charge in [-0.3, -0.25) is 24.2 Å². The molecule has 0 unspecified atom stereocenters. The molecule has 0 spiro atoms. The van der Waals surface area contributed by atoms with Crippen LogP contribution in [0.3, 0.4) is 0 Å². The van der Waals surface area contributed by atoms with E-state index in [0.29, 0.717) is 25.7 Å². The van der Waals surface area contributed by atoms with Crippen molar-refractivity contribution in [3.8, 4) is 0 Å². The van der Waals surface area contributed by atoms with Crippen LogP contribution in [-0.2, 0) is 19.8 Å². The van der Waals surface area contributed by atoms with Crippen molar-refractivity contribution < 1.29 is 18.8 Å². The lowest BCUT2D eigenvalue weighted by Crippen LogP contribution is -2.53. The highest BCUT2D eigenvalue weighted by atomic mass is 19.1. The van der Waals surface area contributed by atoms with Crippen LogP contribution in [0.1, 0.15) is 50.5 Å². The standard InChI is InChI=1S/C26H37FN4O3/c1-28(2)12-17-31-24(33)19-26(25(31)34,21-10-6-7-11-22(21)27)18-23(32)30-15-13-29(14-16-30)20-8-4-3-5-9-20/h6-7,10-11,20H,3-5,8-9,12-19H2,1-2H3/t26-/m1/s1. The number of halogens is 1. The fourth-order valence-corrected chi connectivity index (χ4v) is 5.77. The minimum atomic E-state index is -1.48. The molecule has 34 heavy (non-hydrogen) atoms. The molecule has 0 aromatic heterocycles. The lowest BCUT2D eigenvalue weighted by Gasteiger charge is -2.41. The van der Waals surface area contributed by atoms with Gasteiger partial charge in [0.2, 0.25) is 17.7 Å². The molecule has 1 aromatic carbocycles.